The predicted octanol–water partition coefficient (Wildman–Crippen LogP) is 4.10. The smallest absolute Gasteiger partial charge is 0.234 e. The zero-order chi connectivity index (χ0) is 15.4. The van der Waals surface area contributed by atoms with Crippen molar-refractivity contribution in [3.8, 4) is 0 Å². The van der Waals surface area contributed by atoms with Crippen molar-refractivity contribution in [1.82, 2.24) is 0 Å². The Hall–Kier alpha value is -1.72. The molecule has 0 bridgehead atoms. The molecule has 0 unspecified atom stereocenters. The average Bonchev–Trinajstić information content (AvgIpc) is 2.42. The van der Waals surface area contributed by atoms with Gasteiger partial charge in [0.2, 0.25) is 5.91 Å². The van der Waals surface area contributed by atoms with Crippen LogP contribution in [0.25, 0.3) is 0 Å². The molecule has 0 aliphatic carbocycles. The summed E-state index contributed by atoms with van der Waals surface area (Å²) in [4.78, 5) is 12.6. The molecular formula is C15H14ClFN2OS. The molecule has 2 aromatic carbocycles. The van der Waals surface area contributed by atoms with Gasteiger partial charge in [-0.1, -0.05) is 17.7 Å². The molecule has 0 aliphatic heterocycles. The summed E-state index contributed by atoms with van der Waals surface area (Å²) in [7, 11) is 0. The molecule has 3 N–H and O–H groups in total. The van der Waals surface area contributed by atoms with Gasteiger partial charge in [-0.2, -0.15) is 0 Å². The summed E-state index contributed by atoms with van der Waals surface area (Å²) in [5.41, 5.74) is 7.32. The van der Waals surface area contributed by atoms with Crippen LogP contribution in [-0.4, -0.2) is 11.7 Å². The fraction of sp³-hybridized carbons (Fsp3) is 0.133. The molecule has 0 saturated carbocycles. The van der Waals surface area contributed by atoms with Gasteiger partial charge in [0.25, 0.3) is 0 Å². The van der Waals surface area contributed by atoms with Gasteiger partial charge in [-0.05, 0) is 42.8 Å². The lowest BCUT2D eigenvalue weighted by Crippen LogP contribution is -2.14. The van der Waals surface area contributed by atoms with Crippen molar-refractivity contribution in [2.75, 3.05) is 16.8 Å². The maximum atomic E-state index is 13.4. The number of amides is 1. The number of carbonyl (C=O) groups excluding carboxylic acids is 1. The van der Waals surface area contributed by atoms with Crippen LogP contribution >= 0.6 is 23.4 Å². The number of carbonyl (C=O) groups is 1. The Labute approximate surface area is 131 Å². The van der Waals surface area contributed by atoms with Crippen molar-refractivity contribution in [3.63, 3.8) is 0 Å². The first-order valence-electron chi connectivity index (χ1n) is 6.19. The quantitative estimate of drug-likeness (QED) is 0.657. The van der Waals surface area contributed by atoms with Crippen LogP contribution in [0.4, 0.5) is 15.8 Å². The van der Waals surface area contributed by atoms with Crippen molar-refractivity contribution in [2.24, 2.45) is 0 Å². The van der Waals surface area contributed by atoms with Gasteiger partial charge in [0, 0.05) is 21.3 Å². The van der Waals surface area contributed by atoms with Gasteiger partial charge in [-0.25, -0.2) is 4.39 Å². The number of benzene rings is 2. The van der Waals surface area contributed by atoms with E-state index in [0.29, 0.717) is 22.0 Å². The molecule has 0 radical (unpaired) electrons. The summed E-state index contributed by atoms with van der Waals surface area (Å²) in [6.45, 7) is 1.67. The molecule has 21 heavy (non-hydrogen) atoms. The van der Waals surface area contributed by atoms with Gasteiger partial charge < -0.3 is 11.1 Å². The van der Waals surface area contributed by atoms with Crippen LogP contribution in [-0.2, 0) is 4.79 Å². The standard InChI is InChI=1S/C15H14ClFN2OS/c1-9-2-4-11(7-12(9)17)19-15(20)8-21-14-5-3-10(16)6-13(14)18/h2-7H,8,18H2,1H3,(H,19,20). The van der Waals surface area contributed by atoms with Gasteiger partial charge in [-0.3, -0.25) is 4.79 Å². The Morgan fingerprint density at radius 1 is 1.33 bits per heavy atom. The third-order valence-corrected chi connectivity index (χ3v) is 4.11. The van der Waals surface area contributed by atoms with E-state index in [1.807, 2.05) is 0 Å². The molecule has 0 aliphatic rings. The SMILES string of the molecule is Cc1ccc(NC(=O)CSc2ccc(Cl)cc2N)cc1F. The zero-order valence-electron chi connectivity index (χ0n) is 11.3. The van der Waals surface area contributed by atoms with E-state index >= 15 is 0 Å². The molecule has 0 atom stereocenters. The summed E-state index contributed by atoms with van der Waals surface area (Å²) in [5, 5.41) is 3.20. The number of hydrogen-bond donors (Lipinski definition) is 2. The van der Waals surface area contributed by atoms with E-state index in [0.717, 1.165) is 4.90 Å². The molecule has 2 rings (SSSR count). The summed E-state index contributed by atoms with van der Waals surface area (Å²) in [6.07, 6.45) is 0. The number of thioether (sulfide) groups is 1. The highest BCUT2D eigenvalue weighted by molar-refractivity contribution is 8.00. The summed E-state index contributed by atoms with van der Waals surface area (Å²) in [5.74, 6) is -0.388. The minimum atomic E-state index is -0.345. The number of nitrogen functional groups attached to an aromatic ring is 1. The third kappa shape index (κ3) is 4.37. The van der Waals surface area contributed by atoms with Crippen LogP contribution < -0.4 is 11.1 Å². The Morgan fingerprint density at radius 3 is 2.76 bits per heavy atom. The average molecular weight is 325 g/mol. The van der Waals surface area contributed by atoms with Crippen LogP contribution in [0, 0.1) is 12.7 Å². The first kappa shape index (κ1) is 15.7. The highest BCUT2D eigenvalue weighted by Crippen LogP contribution is 2.27. The van der Waals surface area contributed by atoms with Gasteiger partial charge in [-0.15, -0.1) is 11.8 Å². The largest absolute Gasteiger partial charge is 0.398 e. The first-order chi connectivity index (χ1) is 9.95. The number of hydrogen-bond acceptors (Lipinski definition) is 3. The highest BCUT2D eigenvalue weighted by Gasteiger charge is 2.07. The predicted molar refractivity (Wildman–Crippen MR) is 86.4 cm³/mol. The van der Waals surface area contributed by atoms with Gasteiger partial charge in [0.05, 0.1) is 5.75 Å². The van der Waals surface area contributed by atoms with Crippen molar-refractivity contribution < 1.29 is 9.18 Å². The lowest BCUT2D eigenvalue weighted by atomic mass is 10.2. The number of halogens is 2. The number of nitrogens with two attached hydrogens (primary N) is 1. The van der Waals surface area contributed by atoms with E-state index in [4.69, 9.17) is 17.3 Å². The van der Waals surface area contributed by atoms with Crippen LogP contribution in [0.15, 0.2) is 41.3 Å². The van der Waals surface area contributed by atoms with Gasteiger partial charge in [0.1, 0.15) is 5.82 Å². The molecule has 0 aromatic heterocycles. The second-order valence-corrected chi connectivity index (χ2v) is 5.94. The van der Waals surface area contributed by atoms with E-state index < -0.39 is 0 Å². The maximum Gasteiger partial charge on any atom is 0.234 e. The second kappa shape index (κ2) is 6.83. The number of anilines is 2. The van der Waals surface area contributed by atoms with Crippen LogP contribution in [0.3, 0.4) is 0 Å². The normalized spacial score (nSPS) is 10.4. The van der Waals surface area contributed by atoms with E-state index in [2.05, 4.69) is 5.32 Å². The molecule has 6 heteroatoms. The third-order valence-electron chi connectivity index (χ3n) is 2.79. The minimum absolute atomic E-state index is 0.182. The summed E-state index contributed by atoms with van der Waals surface area (Å²) >= 11 is 7.11. The molecule has 1 amide bonds. The fourth-order valence-electron chi connectivity index (χ4n) is 1.66. The molecule has 110 valence electrons. The lowest BCUT2D eigenvalue weighted by Gasteiger charge is -2.08. The molecule has 0 saturated heterocycles. The fourth-order valence-corrected chi connectivity index (χ4v) is 2.59. The minimum Gasteiger partial charge on any atom is -0.398 e. The van der Waals surface area contributed by atoms with Crippen LogP contribution in [0.2, 0.25) is 5.02 Å². The molecular weight excluding hydrogens is 311 g/mol. The van der Waals surface area contributed by atoms with E-state index in [1.54, 1.807) is 37.3 Å². The molecule has 0 spiro atoms. The second-order valence-electron chi connectivity index (χ2n) is 4.48. The monoisotopic (exact) mass is 324 g/mol. The van der Waals surface area contributed by atoms with Gasteiger partial charge >= 0.3 is 0 Å². The molecule has 0 heterocycles. The van der Waals surface area contributed by atoms with Gasteiger partial charge in [0.15, 0.2) is 0 Å². The molecule has 2 aromatic rings. The van der Waals surface area contributed by atoms with E-state index in [-0.39, 0.29) is 17.5 Å². The Balaban J connectivity index is 1.94. The van der Waals surface area contributed by atoms with E-state index in [1.165, 1.54) is 17.8 Å². The Kier molecular flexibility index (Phi) is 5.09. The van der Waals surface area contributed by atoms with Crippen LogP contribution in [0.1, 0.15) is 5.56 Å². The van der Waals surface area contributed by atoms with Crippen molar-refractivity contribution in [2.45, 2.75) is 11.8 Å². The number of aryl methyl sites for hydroxylation is 1. The lowest BCUT2D eigenvalue weighted by molar-refractivity contribution is -0.113. The van der Waals surface area contributed by atoms with Crippen LogP contribution in [0.5, 0.6) is 0 Å². The first-order valence-corrected chi connectivity index (χ1v) is 7.56. The molecule has 0 fully saturated rings. The zero-order valence-corrected chi connectivity index (χ0v) is 12.9. The topological polar surface area (TPSA) is 55.1 Å². The highest BCUT2D eigenvalue weighted by atomic mass is 35.5. The van der Waals surface area contributed by atoms with Crippen molar-refractivity contribution in [1.29, 1.82) is 0 Å². The Morgan fingerprint density at radius 2 is 2.10 bits per heavy atom. The number of nitrogens with one attached hydrogen (secondary N) is 1. The summed E-state index contributed by atoms with van der Waals surface area (Å²) < 4.78 is 13.4. The maximum absolute atomic E-state index is 13.4. The molecule has 3 nitrogen and oxygen atoms in total. The van der Waals surface area contributed by atoms with Crippen molar-refractivity contribution >= 4 is 40.6 Å². The number of rotatable bonds is 4. The Bertz CT molecular complexity index is 679. The summed E-state index contributed by atoms with van der Waals surface area (Å²) in [6, 6.07) is 9.70. The van der Waals surface area contributed by atoms with Crippen molar-refractivity contribution in [3.05, 3.63) is 52.8 Å². The van der Waals surface area contributed by atoms with E-state index in [9.17, 15) is 9.18 Å².